The summed E-state index contributed by atoms with van der Waals surface area (Å²) in [7, 11) is 0. The predicted octanol–water partition coefficient (Wildman–Crippen LogP) is 3.49. The number of nitrogens with one attached hydrogen (secondary N) is 2. The Morgan fingerprint density at radius 3 is 2.62 bits per heavy atom. The summed E-state index contributed by atoms with van der Waals surface area (Å²) in [6, 6.07) is 9.77. The fourth-order valence-corrected chi connectivity index (χ4v) is 2.24. The summed E-state index contributed by atoms with van der Waals surface area (Å²) in [5.41, 5.74) is 1.82. The highest BCUT2D eigenvalue weighted by Crippen LogP contribution is 2.21. The molecule has 3 rings (SSSR count). The maximum Gasteiger partial charge on any atom is 0.258 e. The van der Waals surface area contributed by atoms with Crippen LogP contribution in [-0.4, -0.2) is 26.9 Å². The number of hydrogen-bond donors (Lipinski definition) is 2. The Hall–Kier alpha value is -3.02. The molecule has 122 valence electrons. The second kappa shape index (κ2) is 7.04. The molecule has 2 heterocycles. The molecule has 24 heavy (non-hydrogen) atoms. The van der Waals surface area contributed by atoms with Crippen LogP contribution in [0.25, 0.3) is 10.9 Å². The zero-order valence-corrected chi connectivity index (χ0v) is 13.7. The van der Waals surface area contributed by atoms with Gasteiger partial charge in [-0.25, -0.2) is 9.97 Å². The number of carbonyl (C=O) groups is 1. The highest BCUT2D eigenvalue weighted by atomic mass is 16.1. The Labute approximate surface area is 140 Å². The summed E-state index contributed by atoms with van der Waals surface area (Å²) in [6.45, 7) is 4.13. The first-order valence-electron chi connectivity index (χ1n) is 7.91. The van der Waals surface area contributed by atoms with Crippen molar-refractivity contribution in [2.75, 3.05) is 10.6 Å². The van der Waals surface area contributed by atoms with Gasteiger partial charge >= 0.3 is 0 Å². The molecule has 0 aliphatic rings. The van der Waals surface area contributed by atoms with Crippen LogP contribution in [-0.2, 0) is 0 Å². The van der Waals surface area contributed by atoms with Crippen molar-refractivity contribution in [3.63, 3.8) is 0 Å². The molecule has 2 aromatic heterocycles. The van der Waals surface area contributed by atoms with Crippen molar-refractivity contribution < 1.29 is 4.79 Å². The van der Waals surface area contributed by atoms with Gasteiger partial charge in [-0.15, -0.1) is 0 Å². The van der Waals surface area contributed by atoms with Gasteiger partial charge in [0.05, 0.1) is 16.8 Å². The third-order valence-corrected chi connectivity index (χ3v) is 3.78. The number of aromatic nitrogens is 3. The highest BCUT2D eigenvalue weighted by molar-refractivity contribution is 6.08. The van der Waals surface area contributed by atoms with E-state index in [1.165, 1.54) is 12.4 Å². The molecule has 6 nitrogen and oxygen atoms in total. The van der Waals surface area contributed by atoms with E-state index in [9.17, 15) is 4.79 Å². The van der Waals surface area contributed by atoms with Gasteiger partial charge in [0.2, 0.25) is 5.95 Å². The lowest BCUT2D eigenvalue weighted by molar-refractivity contribution is 0.102. The van der Waals surface area contributed by atoms with Crippen LogP contribution in [0.1, 0.15) is 30.6 Å². The maximum atomic E-state index is 12.4. The van der Waals surface area contributed by atoms with E-state index in [1.807, 2.05) is 30.3 Å². The summed E-state index contributed by atoms with van der Waals surface area (Å²) < 4.78 is 0. The van der Waals surface area contributed by atoms with Gasteiger partial charge in [0, 0.05) is 30.0 Å². The number of para-hydroxylation sites is 1. The van der Waals surface area contributed by atoms with Gasteiger partial charge in [-0.1, -0.05) is 25.1 Å². The second-order valence-electron chi connectivity index (χ2n) is 5.58. The molecule has 0 saturated carbocycles. The van der Waals surface area contributed by atoms with Crippen molar-refractivity contribution in [2.45, 2.75) is 26.3 Å². The first kappa shape index (κ1) is 15.9. The van der Waals surface area contributed by atoms with Crippen LogP contribution in [0, 0.1) is 0 Å². The average molecular weight is 321 g/mol. The number of amides is 1. The van der Waals surface area contributed by atoms with Crippen LogP contribution >= 0.6 is 0 Å². The molecule has 2 N–H and O–H groups in total. The molecule has 1 unspecified atom stereocenters. The summed E-state index contributed by atoms with van der Waals surface area (Å²) in [5.74, 6) is 0.260. The fraction of sp³-hybridized carbons (Fsp3) is 0.222. The van der Waals surface area contributed by atoms with Crippen molar-refractivity contribution >= 4 is 28.4 Å². The number of anilines is 2. The van der Waals surface area contributed by atoms with E-state index in [0.29, 0.717) is 17.2 Å². The van der Waals surface area contributed by atoms with Gasteiger partial charge in [-0.3, -0.25) is 9.78 Å². The van der Waals surface area contributed by atoms with E-state index in [2.05, 4.69) is 39.4 Å². The lowest BCUT2D eigenvalue weighted by Crippen LogP contribution is -2.17. The molecule has 0 aliphatic carbocycles. The molecule has 1 aromatic carbocycles. The topological polar surface area (TPSA) is 79.8 Å². The highest BCUT2D eigenvalue weighted by Gasteiger charge is 2.10. The quantitative estimate of drug-likeness (QED) is 0.752. The smallest absolute Gasteiger partial charge is 0.258 e. The van der Waals surface area contributed by atoms with E-state index in [0.717, 1.165) is 17.3 Å². The number of fused-ring (bicyclic) bond motifs is 1. The van der Waals surface area contributed by atoms with E-state index < -0.39 is 0 Å². The third kappa shape index (κ3) is 3.48. The van der Waals surface area contributed by atoms with Gasteiger partial charge in [0.1, 0.15) is 0 Å². The summed E-state index contributed by atoms with van der Waals surface area (Å²) in [4.78, 5) is 25.1. The zero-order chi connectivity index (χ0) is 16.9. The van der Waals surface area contributed by atoms with Gasteiger partial charge in [-0.05, 0) is 25.5 Å². The van der Waals surface area contributed by atoms with Crippen LogP contribution in [0.3, 0.4) is 0 Å². The van der Waals surface area contributed by atoms with Gasteiger partial charge in [-0.2, -0.15) is 0 Å². The average Bonchev–Trinajstić information content (AvgIpc) is 2.62. The van der Waals surface area contributed by atoms with Crippen molar-refractivity contribution in [2.24, 2.45) is 0 Å². The normalized spacial score (nSPS) is 11.9. The number of hydrogen-bond acceptors (Lipinski definition) is 5. The summed E-state index contributed by atoms with van der Waals surface area (Å²) in [6.07, 6.45) is 5.72. The Balaban J connectivity index is 1.77. The number of rotatable bonds is 5. The van der Waals surface area contributed by atoms with Crippen molar-refractivity contribution in [1.82, 2.24) is 15.0 Å². The summed E-state index contributed by atoms with van der Waals surface area (Å²) in [5, 5.41) is 7.01. The number of carbonyl (C=O) groups excluding carboxylic acids is 1. The molecule has 1 atom stereocenters. The van der Waals surface area contributed by atoms with E-state index in [-0.39, 0.29) is 11.9 Å². The molecule has 3 aromatic rings. The molecular formula is C18H19N5O. The minimum absolute atomic E-state index is 0.261. The van der Waals surface area contributed by atoms with Crippen LogP contribution in [0.4, 0.5) is 11.6 Å². The molecule has 1 amide bonds. The lowest BCUT2D eigenvalue weighted by Gasteiger charge is -2.11. The van der Waals surface area contributed by atoms with E-state index in [4.69, 9.17) is 0 Å². The first-order valence-corrected chi connectivity index (χ1v) is 7.91. The Kier molecular flexibility index (Phi) is 4.65. The monoisotopic (exact) mass is 321 g/mol. The van der Waals surface area contributed by atoms with Gasteiger partial charge in [0.25, 0.3) is 5.91 Å². The van der Waals surface area contributed by atoms with Crippen LogP contribution in [0.5, 0.6) is 0 Å². The Morgan fingerprint density at radius 1 is 1.12 bits per heavy atom. The largest absolute Gasteiger partial charge is 0.352 e. The SMILES string of the molecule is CCC(C)Nc1ncc(C(=O)Nc2cccc3cccnc23)cn1. The van der Waals surface area contributed by atoms with Crippen LogP contribution in [0.15, 0.2) is 48.9 Å². The standard InChI is InChI=1S/C18H19N5O/c1-3-12(2)22-18-20-10-14(11-21-18)17(24)23-15-8-4-6-13-7-5-9-19-16(13)15/h4-12H,3H2,1-2H3,(H,23,24)(H,20,21,22). The molecule has 6 heteroatoms. The molecular weight excluding hydrogens is 302 g/mol. The van der Waals surface area contributed by atoms with E-state index >= 15 is 0 Å². The molecule has 0 saturated heterocycles. The number of benzene rings is 1. The maximum absolute atomic E-state index is 12.4. The minimum atomic E-state index is -0.261. The number of pyridine rings is 1. The molecule has 0 spiro atoms. The minimum Gasteiger partial charge on any atom is -0.352 e. The van der Waals surface area contributed by atoms with Crippen LogP contribution < -0.4 is 10.6 Å². The van der Waals surface area contributed by atoms with Crippen molar-refractivity contribution in [1.29, 1.82) is 0 Å². The lowest BCUT2D eigenvalue weighted by atomic mass is 10.2. The third-order valence-electron chi connectivity index (χ3n) is 3.78. The van der Waals surface area contributed by atoms with Crippen molar-refractivity contribution in [3.05, 3.63) is 54.5 Å². The molecule has 0 aliphatic heterocycles. The predicted molar refractivity (Wildman–Crippen MR) is 95.1 cm³/mol. The Bertz CT molecular complexity index is 842. The molecule has 0 fully saturated rings. The van der Waals surface area contributed by atoms with Gasteiger partial charge in [0.15, 0.2) is 0 Å². The number of nitrogens with zero attached hydrogens (tertiary/aromatic N) is 3. The van der Waals surface area contributed by atoms with Crippen LogP contribution in [0.2, 0.25) is 0 Å². The Morgan fingerprint density at radius 2 is 1.88 bits per heavy atom. The second-order valence-corrected chi connectivity index (χ2v) is 5.58. The summed E-state index contributed by atoms with van der Waals surface area (Å²) >= 11 is 0. The molecule has 0 radical (unpaired) electrons. The molecule has 0 bridgehead atoms. The van der Waals surface area contributed by atoms with Crippen molar-refractivity contribution in [3.8, 4) is 0 Å². The van der Waals surface area contributed by atoms with E-state index in [1.54, 1.807) is 6.20 Å². The first-order chi connectivity index (χ1) is 11.7. The van der Waals surface area contributed by atoms with Gasteiger partial charge < -0.3 is 10.6 Å². The fourth-order valence-electron chi connectivity index (χ4n) is 2.24. The zero-order valence-electron chi connectivity index (χ0n) is 13.7.